The van der Waals surface area contributed by atoms with E-state index in [1.54, 1.807) is 18.2 Å². The summed E-state index contributed by atoms with van der Waals surface area (Å²) in [5.41, 5.74) is 3.07. The lowest BCUT2D eigenvalue weighted by Crippen LogP contribution is -2.09. The molecule has 2 rings (SSSR count). The molecule has 0 unspecified atom stereocenters. The van der Waals surface area contributed by atoms with E-state index < -0.39 is 0 Å². The normalized spacial score (nSPS) is 10.1. The largest absolute Gasteiger partial charge is 0.490 e. The van der Waals surface area contributed by atoms with E-state index >= 15 is 0 Å². The van der Waals surface area contributed by atoms with Gasteiger partial charge >= 0.3 is 0 Å². The lowest BCUT2D eigenvalue weighted by atomic mass is 10.1. The first kappa shape index (κ1) is 14.1. The fourth-order valence-corrected chi connectivity index (χ4v) is 1.80. The molecule has 0 atom stereocenters. The molecule has 0 heterocycles. The van der Waals surface area contributed by atoms with E-state index in [0.29, 0.717) is 24.5 Å². The number of hydrogen-bond acceptors (Lipinski definition) is 3. The maximum atomic E-state index is 10.7. The number of hydrogen-bond donors (Lipinski definition) is 0. The third-order valence-corrected chi connectivity index (χ3v) is 3.09. The first-order valence-electron chi connectivity index (χ1n) is 6.57. The Bertz CT molecular complexity index is 591. The van der Waals surface area contributed by atoms with Gasteiger partial charge in [0.2, 0.25) is 0 Å². The van der Waals surface area contributed by atoms with E-state index in [0.717, 1.165) is 12.0 Å². The van der Waals surface area contributed by atoms with Crippen molar-refractivity contribution in [2.75, 3.05) is 13.2 Å². The molecule has 3 nitrogen and oxygen atoms in total. The summed E-state index contributed by atoms with van der Waals surface area (Å²) in [6.07, 6.45) is 0.804. The number of carbonyl (C=O) groups is 1. The van der Waals surface area contributed by atoms with Gasteiger partial charge in [-0.15, -0.1) is 0 Å². The fraction of sp³-hybridized carbons (Fsp3) is 0.235. The Morgan fingerprint density at radius 3 is 2.25 bits per heavy atom. The Morgan fingerprint density at radius 1 is 0.900 bits per heavy atom. The second-order valence-corrected chi connectivity index (χ2v) is 4.63. The maximum Gasteiger partial charge on any atom is 0.150 e. The smallest absolute Gasteiger partial charge is 0.150 e. The predicted molar refractivity (Wildman–Crippen MR) is 78.7 cm³/mol. The Labute approximate surface area is 119 Å². The Kier molecular flexibility index (Phi) is 4.77. The number of aldehydes is 1. The van der Waals surface area contributed by atoms with Crippen LogP contribution in [0.3, 0.4) is 0 Å². The van der Waals surface area contributed by atoms with Crippen molar-refractivity contribution in [1.29, 1.82) is 0 Å². The van der Waals surface area contributed by atoms with E-state index in [4.69, 9.17) is 9.47 Å². The zero-order chi connectivity index (χ0) is 14.4. The molecule has 20 heavy (non-hydrogen) atoms. The summed E-state index contributed by atoms with van der Waals surface area (Å²) in [5.74, 6) is 1.52. The predicted octanol–water partition coefficient (Wildman–Crippen LogP) is 3.57. The van der Waals surface area contributed by atoms with Gasteiger partial charge in [-0.1, -0.05) is 18.2 Å². The van der Waals surface area contributed by atoms with Crippen LogP contribution in [0, 0.1) is 13.8 Å². The standard InChI is InChI=1S/C17H18O3/c1-13-6-7-17(10-14(13)2)20-9-8-19-16-5-3-4-15(11-16)12-18/h3-7,10-12H,8-9H2,1-2H3. The second kappa shape index (κ2) is 6.75. The van der Waals surface area contributed by atoms with E-state index in [1.165, 1.54) is 11.1 Å². The number of carbonyl (C=O) groups excluding carboxylic acids is 1. The Balaban J connectivity index is 1.81. The van der Waals surface area contributed by atoms with Crippen LogP contribution in [0.25, 0.3) is 0 Å². The zero-order valence-electron chi connectivity index (χ0n) is 11.8. The summed E-state index contributed by atoms with van der Waals surface area (Å²) in [5, 5.41) is 0. The third-order valence-electron chi connectivity index (χ3n) is 3.09. The van der Waals surface area contributed by atoms with Gasteiger partial charge < -0.3 is 9.47 Å². The van der Waals surface area contributed by atoms with Crippen LogP contribution in [0.4, 0.5) is 0 Å². The summed E-state index contributed by atoms with van der Waals surface area (Å²) in [6.45, 7) is 5.04. The van der Waals surface area contributed by atoms with Gasteiger partial charge in [0.1, 0.15) is 31.0 Å². The summed E-state index contributed by atoms with van der Waals surface area (Å²) in [4.78, 5) is 10.7. The van der Waals surface area contributed by atoms with Crippen LogP contribution < -0.4 is 9.47 Å². The van der Waals surface area contributed by atoms with Gasteiger partial charge in [-0.2, -0.15) is 0 Å². The van der Waals surface area contributed by atoms with Crippen LogP contribution in [0.2, 0.25) is 0 Å². The summed E-state index contributed by atoms with van der Waals surface area (Å²) in [7, 11) is 0. The van der Waals surface area contributed by atoms with Gasteiger partial charge in [-0.3, -0.25) is 4.79 Å². The van der Waals surface area contributed by atoms with Crippen molar-refractivity contribution in [2.45, 2.75) is 13.8 Å². The molecule has 0 amide bonds. The molecule has 0 aliphatic heterocycles. The molecule has 0 aromatic heterocycles. The molecule has 0 radical (unpaired) electrons. The molecule has 0 aliphatic rings. The lowest BCUT2D eigenvalue weighted by Gasteiger charge is -2.10. The highest BCUT2D eigenvalue weighted by Gasteiger charge is 1.99. The van der Waals surface area contributed by atoms with Crippen molar-refractivity contribution < 1.29 is 14.3 Å². The van der Waals surface area contributed by atoms with E-state index in [9.17, 15) is 4.79 Å². The van der Waals surface area contributed by atoms with E-state index in [1.807, 2.05) is 24.3 Å². The van der Waals surface area contributed by atoms with Crippen LogP contribution in [-0.2, 0) is 0 Å². The van der Waals surface area contributed by atoms with E-state index in [2.05, 4.69) is 13.8 Å². The molecule has 0 aliphatic carbocycles. The van der Waals surface area contributed by atoms with Crippen LogP contribution in [0.5, 0.6) is 11.5 Å². The average molecular weight is 270 g/mol. The quantitative estimate of drug-likeness (QED) is 0.594. The zero-order valence-corrected chi connectivity index (χ0v) is 11.8. The minimum atomic E-state index is 0.440. The molecule has 2 aromatic carbocycles. The highest BCUT2D eigenvalue weighted by Crippen LogP contribution is 2.16. The summed E-state index contributed by atoms with van der Waals surface area (Å²) >= 11 is 0. The first-order valence-corrected chi connectivity index (χ1v) is 6.57. The number of rotatable bonds is 6. The minimum Gasteiger partial charge on any atom is -0.490 e. The summed E-state index contributed by atoms with van der Waals surface area (Å²) in [6, 6.07) is 13.1. The van der Waals surface area contributed by atoms with Crippen molar-refractivity contribution in [3.8, 4) is 11.5 Å². The Hall–Kier alpha value is -2.29. The van der Waals surface area contributed by atoms with Crippen LogP contribution in [-0.4, -0.2) is 19.5 Å². The fourth-order valence-electron chi connectivity index (χ4n) is 1.80. The highest BCUT2D eigenvalue weighted by atomic mass is 16.5. The van der Waals surface area contributed by atoms with Gasteiger partial charge in [0.25, 0.3) is 0 Å². The van der Waals surface area contributed by atoms with Crippen LogP contribution in [0.1, 0.15) is 21.5 Å². The van der Waals surface area contributed by atoms with Gasteiger partial charge in [-0.25, -0.2) is 0 Å². The van der Waals surface area contributed by atoms with Crippen molar-refractivity contribution in [1.82, 2.24) is 0 Å². The molecule has 0 fully saturated rings. The molecular weight excluding hydrogens is 252 g/mol. The maximum absolute atomic E-state index is 10.7. The first-order chi connectivity index (χ1) is 9.69. The molecule has 0 saturated heterocycles. The molecule has 2 aromatic rings. The van der Waals surface area contributed by atoms with Crippen LogP contribution >= 0.6 is 0 Å². The Morgan fingerprint density at radius 2 is 1.60 bits per heavy atom. The summed E-state index contributed by atoms with van der Waals surface area (Å²) < 4.78 is 11.2. The molecule has 0 N–H and O–H groups in total. The molecule has 0 spiro atoms. The van der Waals surface area contributed by atoms with Gasteiger partial charge in [0, 0.05) is 5.56 Å². The lowest BCUT2D eigenvalue weighted by molar-refractivity contribution is 0.112. The second-order valence-electron chi connectivity index (χ2n) is 4.63. The highest BCUT2D eigenvalue weighted by molar-refractivity contribution is 5.75. The molecule has 0 saturated carbocycles. The van der Waals surface area contributed by atoms with E-state index in [-0.39, 0.29) is 0 Å². The minimum absolute atomic E-state index is 0.440. The molecule has 3 heteroatoms. The molecule has 0 bridgehead atoms. The average Bonchev–Trinajstić information content (AvgIpc) is 2.47. The van der Waals surface area contributed by atoms with Gasteiger partial charge in [-0.05, 0) is 49.2 Å². The third kappa shape index (κ3) is 3.85. The molecular formula is C17H18O3. The van der Waals surface area contributed by atoms with Crippen molar-refractivity contribution >= 4 is 6.29 Å². The SMILES string of the molecule is Cc1ccc(OCCOc2cccc(C=O)c2)cc1C. The van der Waals surface area contributed by atoms with Crippen molar-refractivity contribution in [2.24, 2.45) is 0 Å². The van der Waals surface area contributed by atoms with Crippen molar-refractivity contribution in [3.63, 3.8) is 0 Å². The van der Waals surface area contributed by atoms with Crippen LogP contribution in [0.15, 0.2) is 42.5 Å². The number of ether oxygens (including phenoxy) is 2. The molecule has 104 valence electrons. The number of aryl methyl sites for hydroxylation is 2. The monoisotopic (exact) mass is 270 g/mol. The number of benzene rings is 2. The van der Waals surface area contributed by atoms with Crippen molar-refractivity contribution in [3.05, 3.63) is 59.2 Å². The topological polar surface area (TPSA) is 35.5 Å². The van der Waals surface area contributed by atoms with Gasteiger partial charge in [0.05, 0.1) is 0 Å². The van der Waals surface area contributed by atoms with Gasteiger partial charge in [0.15, 0.2) is 0 Å².